The molecule has 0 N–H and O–H groups in total. The van der Waals surface area contributed by atoms with Crippen LogP contribution in [0.4, 0.5) is 0 Å². The SMILES string of the molecule is CC(=O)OC[C@@H]1O[C@H](Oc2ccc3c(=O)c(-c4cscn4)c(C)oc3c2)[C@H](OC(C)=O)[C@H](OC(C)=O)[C@@H]1OC(C)=O. The van der Waals surface area contributed by atoms with Crippen molar-refractivity contribution in [1.29, 1.82) is 0 Å². The summed E-state index contributed by atoms with van der Waals surface area (Å²) >= 11 is 1.35. The number of thiazole rings is 1. The highest BCUT2D eigenvalue weighted by atomic mass is 32.1. The number of aromatic nitrogens is 1. The first-order valence-electron chi connectivity index (χ1n) is 12.4. The molecule has 0 saturated carbocycles. The molecular weight excluding hydrogens is 562 g/mol. The molecule has 0 spiro atoms. The number of carbonyl (C=O) groups is 4. The molecule has 14 heteroatoms. The quantitative estimate of drug-likeness (QED) is 0.278. The number of hydrogen-bond donors (Lipinski definition) is 0. The number of aryl methyl sites for hydroxylation is 1. The average molecular weight is 590 g/mol. The number of hydrogen-bond acceptors (Lipinski definition) is 14. The molecule has 1 aliphatic heterocycles. The Bertz CT molecular complexity index is 1510. The van der Waals surface area contributed by atoms with Crippen molar-refractivity contribution in [1.82, 2.24) is 4.98 Å². The summed E-state index contributed by atoms with van der Waals surface area (Å²) in [6.45, 7) is 5.79. The molecule has 0 amide bonds. The Labute approximate surface area is 237 Å². The third-order valence-corrected chi connectivity index (χ3v) is 6.52. The van der Waals surface area contributed by atoms with Gasteiger partial charge in [-0.15, -0.1) is 11.3 Å². The molecule has 2 aromatic heterocycles. The van der Waals surface area contributed by atoms with E-state index in [0.717, 1.165) is 20.8 Å². The smallest absolute Gasteiger partial charge is 0.303 e. The third-order valence-electron chi connectivity index (χ3n) is 5.93. The van der Waals surface area contributed by atoms with Gasteiger partial charge in [0.1, 0.15) is 29.8 Å². The first kappa shape index (κ1) is 29.7. The Hall–Kier alpha value is -4.30. The number of rotatable bonds is 8. The fourth-order valence-electron chi connectivity index (χ4n) is 4.41. The van der Waals surface area contributed by atoms with Crippen LogP contribution in [0.25, 0.3) is 22.2 Å². The predicted octanol–water partition coefficient (Wildman–Crippen LogP) is 2.69. The molecule has 0 radical (unpaired) electrons. The summed E-state index contributed by atoms with van der Waals surface area (Å²) in [4.78, 5) is 64.9. The fraction of sp³-hybridized carbons (Fsp3) is 0.407. The highest BCUT2D eigenvalue weighted by molar-refractivity contribution is 7.07. The van der Waals surface area contributed by atoms with Crippen molar-refractivity contribution in [2.24, 2.45) is 0 Å². The summed E-state index contributed by atoms with van der Waals surface area (Å²) < 4.78 is 39.1. The van der Waals surface area contributed by atoms with Crippen molar-refractivity contribution < 1.29 is 52.0 Å². The summed E-state index contributed by atoms with van der Waals surface area (Å²) in [5, 5.41) is 2.01. The van der Waals surface area contributed by atoms with Crippen LogP contribution >= 0.6 is 11.3 Å². The van der Waals surface area contributed by atoms with E-state index >= 15 is 0 Å². The van der Waals surface area contributed by atoms with E-state index in [1.807, 2.05) is 0 Å². The first-order chi connectivity index (χ1) is 19.4. The van der Waals surface area contributed by atoms with Gasteiger partial charge in [-0.2, -0.15) is 0 Å². The Morgan fingerprint density at radius 2 is 1.59 bits per heavy atom. The summed E-state index contributed by atoms with van der Waals surface area (Å²) in [5.41, 5.74) is 2.37. The van der Waals surface area contributed by atoms with Crippen LogP contribution in [-0.4, -0.2) is 66.2 Å². The van der Waals surface area contributed by atoms with E-state index in [-0.39, 0.29) is 22.1 Å². The van der Waals surface area contributed by atoms with Gasteiger partial charge in [0.25, 0.3) is 0 Å². The second-order valence-corrected chi connectivity index (χ2v) is 9.80. The van der Waals surface area contributed by atoms with Crippen molar-refractivity contribution in [2.45, 2.75) is 65.3 Å². The van der Waals surface area contributed by atoms with E-state index in [2.05, 4.69) is 4.98 Å². The largest absolute Gasteiger partial charge is 0.463 e. The van der Waals surface area contributed by atoms with Crippen LogP contribution in [0.3, 0.4) is 0 Å². The Morgan fingerprint density at radius 1 is 0.927 bits per heavy atom. The van der Waals surface area contributed by atoms with Gasteiger partial charge in [0.2, 0.25) is 17.8 Å². The van der Waals surface area contributed by atoms with Gasteiger partial charge in [-0.1, -0.05) is 0 Å². The van der Waals surface area contributed by atoms with Crippen molar-refractivity contribution in [2.75, 3.05) is 6.61 Å². The topological polar surface area (TPSA) is 167 Å². The van der Waals surface area contributed by atoms with E-state index in [9.17, 15) is 24.0 Å². The fourth-order valence-corrected chi connectivity index (χ4v) is 4.95. The van der Waals surface area contributed by atoms with Gasteiger partial charge in [0.05, 0.1) is 22.2 Å². The molecule has 3 heterocycles. The van der Waals surface area contributed by atoms with Gasteiger partial charge in [-0.05, 0) is 19.1 Å². The molecule has 1 saturated heterocycles. The third kappa shape index (κ3) is 6.89. The zero-order chi connectivity index (χ0) is 29.8. The first-order valence-corrected chi connectivity index (χ1v) is 13.3. The number of nitrogens with zero attached hydrogens (tertiary/aromatic N) is 1. The maximum Gasteiger partial charge on any atom is 0.303 e. The summed E-state index contributed by atoms with van der Waals surface area (Å²) in [6, 6.07) is 4.42. The molecule has 1 aliphatic rings. The summed E-state index contributed by atoms with van der Waals surface area (Å²) in [6.07, 6.45) is -6.73. The van der Waals surface area contributed by atoms with Crippen LogP contribution in [0.5, 0.6) is 5.75 Å². The van der Waals surface area contributed by atoms with Crippen LogP contribution in [0.2, 0.25) is 0 Å². The lowest BCUT2D eigenvalue weighted by Crippen LogP contribution is -2.63. The van der Waals surface area contributed by atoms with Gasteiger partial charge in [0.15, 0.2) is 12.2 Å². The normalized spacial score (nSPS) is 22.0. The van der Waals surface area contributed by atoms with Gasteiger partial charge < -0.3 is 32.8 Å². The van der Waals surface area contributed by atoms with E-state index in [4.69, 9.17) is 32.8 Å². The second-order valence-electron chi connectivity index (χ2n) is 9.08. The molecule has 1 fully saturated rings. The van der Waals surface area contributed by atoms with Gasteiger partial charge in [-0.3, -0.25) is 24.0 Å². The minimum absolute atomic E-state index is 0.141. The summed E-state index contributed by atoms with van der Waals surface area (Å²) in [5.74, 6) is -2.44. The molecule has 0 bridgehead atoms. The predicted molar refractivity (Wildman–Crippen MR) is 141 cm³/mol. The van der Waals surface area contributed by atoms with Crippen LogP contribution in [0.15, 0.2) is 38.3 Å². The van der Waals surface area contributed by atoms with Crippen molar-refractivity contribution in [3.63, 3.8) is 0 Å². The zero-order valence-corrected chi connectivity index (χ0v) is 23.6. The molecule has 0 aliphatic carbocycles. The van der Waals surface area contributed by atoms with Gasteiger partial charge in [-0.25, -0.2) is 4.98 Å². The molecule has 4 rings (SSSR count). The molecule has 13 nitrogen and oxygen atoms in total. The van der Waals surface area contributed by atoms with Crippen molar-refractivity contribution in [3.05, 3.63) is 45.1 Å². The molecular formula is C27H27NO12S. The Morgan fingerprint density at radius 3 is 2.20 bits per heavy atom. The molecule has 218 valence electrons. The maximum absolute atomic E-state index is 13.2. The van der Waals surface area contributed by atoms with Crippen LogP contribution in [0, 0.1) is 6.92 Å². The highest BCUT2D eigenvalue weighted by Crippen LogP contribution is 2.32. The lowest BCUT2D eigenvalue weighted by Gasteiger charge is -2.43. The minimum atomic E-state index is -1.44. The number of fused-ring (bicyclic) bond motifs is 1. The number of esters is 4. The zero-order valence-electron chi connectivity index (χ0n) is 22.7. The van der Waals surface area contributed by atoms with E-state index < -0.39 is 61.2 Å². The molecule has 0 unspecified atom stereocenters. The van der Waals surface area contributed by atoms with Gasteiger partial charge in [0, 0.05) is 39.1 Å². The molecule has 5 atom stereocenters. The van der Waals surface area contributed by atoms with Gasteiger partial charge >= 0.3 is 23.9 Å². The van der Waals surface area contributed by atoms with Crippen molar-refractivity contribution in [3.8, 4) is 17.0 Å². The molecule has 1 aromatic carbocycles. The van der Waals surface area contributed by atoms with E-state index in [0.29, 0.717) is 17.0 Å². The van der Waals surface area contributed by atoms with E-state index in [1.54, 1.807) is 17.8 Å². The Kier molecular flexibility index (Phi) is 9.03. The van der Waals surface area contributed by atoms with E-state index in [1.165, 1.54) is 36.5 Å². The number of ether oxygens (including phenoxy) is 6. The number of carbonyl (C=O) groups excluding carboxylic acids is 4. The Balaban J connectivity index is 1.73. The van der Waals surface area contributed by atoms with Crippen LogP contribution in [-0.2, 0) is 42.9 Å². The number of benzene rings is 1. The molecule has 41 heavy (non-hydrogen) atoms. The lowest BCUT2D eigenvalue weighted by atomic mass is 9.98. The average Bonchev–Trinajstić information content (AvgIpc) is 3.40. The van der Waals surface area contributed by atoms with Crippen LogP contribution in [0.1, 0.15) is 33.5 Å². The monoisotopic (exact) mass is 589 g/mol. The maximum atomic E-state index is 13.2. The molecule has 3 aromatic rings. The standard InChI is InChI=1S/C27H27NO12S/c1-12-22(19-10-41-11-28-19)23(33)18-7-6-17(8-20(18)35-12)39-27-26(38-16(5)32)25(37-15(4)31)24(36-14(3)30)21(40-27)9-34-13(2)29/h6-8,10-11,21,24-27H,9H2,1-5H3/t21-,24+,25+,26+,27-/m0/s1. The lowest BCUT2D eigenvalue weighted by molar-refractivity contribution is -0.288. The second kappa shape index (κ2) is 12.5. The van der Waals surface area contributed by atoms with Crippen molar-refractivity contribution >= 4 is 46.2 Å². The highest BCUT2D eigenvalue weighted by Gasteiger charge is 2.53. The summed E-state index contributed by atoms with van der Waals surface area (Å²) in [7, 11) is 0. The van der Waals surface area contributed by atoms with Crippen LogP contribution < -0.4 is 10.2 Å². The minimum Gasteiger partial charge on any atom is -0.463 e.